The van der Waals surface area contributed by atoms with Crippen molar-refractivity contribution in [2.45, 2.75) is 5.51 Å². The molecule has 182 valence electrons. The Hall–Kier alpha value is -4.30. The minimum Gasteiger partial charge on any atom is -0.455 e. The van der Waals surface area contributed by atoms with E-state index in [2.05, 4.69) is 46.6 Å². The fourth-order valence-corrected chi connectivity index (χ4v) is 5.64. The highest BCUT2D eigenvalue weighted by atomic mass is 32.2. The zero-order chi connectivity index (χ0) is 25.5. The number of para-hydroxylation sites is 1. The van der Waals surface area contributed by atoms with E-state index in [4.69, 9.17) is 4.42 Å². The van der Waals surface area contributed by atoms with E-state index >= 15 is 0 Å². The molecule has 1 aromatic heterocycles. The van der Waals surface area contributed by atoms with Gasteiger partial charge in [0.2, 0.25) is 0 Å². The highest BCUT2D eigenvalue weighted by molar-refractivity contribution is 7.88. The molecule has 37 heavy (non-hydrogen) atoms. The van der Waals surface area contributed by atoms with Crippen molar-refractivity contribution < 1.29 is 30.2 Å². The summed E-state index contributed by atoms with van der Waals surface area (Å²) in [4.78, 5) is 0. The van der Waals surface area contributed by atoms with Crippen LogP contribution in [0.2, 0.25) is 0 Å². The summed E-state index contributed by atoms with van der Waals surface area (Å²) in [6, 6.07) is 28.1. The highest BCUT2D eigenvalue weighted by Gasteiger charge is 2.48. The minimum atomic E-state index is -5.78. The Balaban J connectivity index is 1.37. The Kier molecular flexibility index (Phi) is 4.37. The summed E-state index contributed by atoms with van der Waals surface area (Å²) in [7, 11) is -5.78. The molecule has 1 aliphatic carbocycles. The standard InChI is InChI=1S/C29H15F3O4S/c30-29(31,32)37(33,34)36-18-11-13-26-25(15-18)23-9-3-6-19(28(23)35-26)17-10-12-20-21-7-1-4-16-5-2-8-22(27(16)21)24(20)14-17/h1-15H. The first-order chi connectivity index (χ1) is 17.7. The topological polar surface area (TPSA) is 56.5 Å². The molecule has 0 radical (unpaired) electrons. The molecule has 0 bridgehead atoms. The Morgan fingerprint density at radius 2 is 1.38 bits per heavy atom. The zero-order valence-corrected chi connectivity index (χ0v) is 19.7. The molecule has 0 spiro atoms. The number of fused-ring (bicyclic) bond motifs is 6. The molecule has 0 aliphatic heterocycles. The van der Waals surface area contributed by atoms with Crippen LogP contribution in [0.5, 0.6) is 5.75 Å². The number of halogens is 3. The molecule has 7 rings (SSSR count). The van der Waals surface area contributed by atoms with Crippen molar-refractivity contribution in [3.8, 4) is 39.1 Å². The Morgan fingerprint density at radius 3 is 2.14 bits per heavy atom. The van der Waals surface area contributed by atoms with Crippen LogP contribution < -0.4 is 4.18 Å². The molecule has 0 saturated carbocycles. The van der Waals surface area contributed by atoms with Crippen LogP contribution >= 0.6 is 0 Å². The molecule has 4 nitrogen and oxygen atoms in total. The second kappa shape index (κ2) is 7.36. The van der Waals surface area contributed by atoms with Crippen LogP contribution in [-0.2, 0) is 10.1 Å². The number of hydrogen-bond acceptors (Lipinski definition) is 4. The van der Waals surface area contributed by atoms with E-state index in [1.54, 1.807) is 6.07 Å². The van der Waals surface area contributed by atoms with Gasteiger partial charge < -0.3 is 8.60 Å². The lowest BCUT2D eigenvalue weighted by atomic mass is 9.96. The maximum atomic E-state index is 12.8. The normalized spacial score (nSPS) is 12.9. The molecule has 1 heterocycles. The van der Waals surface area contributed by atoms with Gasteiger partial charge >= 0.3 is 15.6 Å². The molecule has 8 heteroatoms. The van der Waals surface area contributed by atoms with Crippen LogP contribution in [0.4, 0.5) is 13.2 Å². The minimum absolute atomic E-state index is 0.400. The van der Waals surface area contributed by atoms with E-state index in [1.807, 2.05) is 24.3 Å². The van der Waals surface area contributed by atoms with Gasteiger partial charge in [-0.3, -0.25) is 0 Å². The predicted octanol–water partition coefficient (Wildman–Crippen LogP) is 8.28. The van der Waals surface area contributed by atoms with Crippen molar-refractivity contribution in [2.75, 3.05) is 0 Å². The quantitative estimate of drug-likeness (QED) is 0.175. The first kappa shape index (κ1) is 21.9. The second-order valence-electron chi connectivity index (χ2n) is 8.90. The highest BCUT2D eigenvalue weighted by Crippen LogP contribution is 2.49. The van der Waals surface area contributed by atoms with Crippen LogP contribution in [0.3, 0.4) is 0 Å². The van der Waals surface area contributed by atoms with Crippen molar-refractivity contribution in [3.63, 3.8) is 0 Å². The number of hydrogen-bond donors (Lipinski definition) is 0. The lowest BCUT2D eigenvalue weighted by molar-refractivity contribution is -0.0500. The summed E-state index contributed by atoms with van der Waals surface area (Å²) >= 11 is 0. The largest absolute Gasteiger partial charge is 0.534 e. The first-order valence-electron chi connectivity index (χ1n) is 11.3. The van der Waals surface area contributed by atoms with E-state index < -0.39 is 21.4 Å². The summed E-state index contributed by atoms with van der Waals surface area (Å²) in [5.74, 6) is -0.443. The Labute approximate surface area is 208 Å². The van der Waals surface area contributed by atoms with Crippen molar-refractivity contribution in [2.24, 2.45) is 0 Å². The lowest BCUT2D eigenvalue weighted by Crippen LogP contribution is -2.28. The molecule has 0 unspecified atom stereocenters. The van der Waals surface area contributed by atoms with Gasteiger partial charge in [-0.05, 0) is 62.9 Å². The van der Waals surface area contributed by atoms with Crippen LogP contribution in [-0.4, -0.2) is 13.9 Å². The third-order valence-electron chi connectivity index (χ3n) is 6.77. The maximum Gasteiger partial charge on any atom is 0.534 e. The van der Waals surface area contributed by atoms with Gasteiger partial charge in [0.25, 0.3) is 0 Å². The number of alkyl halides is 3. The molecule has 0 N–H and O–H groups in total. The third-order valence-corrected chi connectivity index (χ3v) is 7.75. The van der Waals surface area contributed by atoms with Crippen LogP contribution in [0.25, 0.3) is 66.1 Å². The van der Waals surface area contributed by atoms with Gasteiger partial charge in [0.1, 0.15) is 16.9 Å². The Bertz CT molecular complexity index is 2020. The van der Waals surface area contributed by atoms with Crippen molar-refractivity contribution in [1.29, 1.82) is 0 Å². The maximum absolute atomic E-state index is 12.8. The SMILES string of the molecule is O=S(=O)(Oc1ccc2oc3c(-c4ccc5c(c4)-c4cccc6cccc-5c46)cccc3c2c1)C(F)(F)F. The van der Waals surface area contributed by atoms with E-state index in [0.29, 0.717) is 21.9 Å². The van der Waals surface area contributed by atoms with Gasteiger partial charge in [0.15, 0.2) is 0 Å². The van der Waals surface area contributed by atoms with E-state index in [9.17, 15) is 21.6 Å². The average Bonchev–Trinajstić information content (AvgIpc) is 3.40. The predicted molar refractivity (Wildman–Crippen MR) is 137 cm³/mol. The molecule has 0 saturated heterocycles. The summed E-state index contributed by atoms with van der Waals surface area (Å²) < 4.78 is 71.7. The van der Waals surface area contributed by atoms with Crippen molar-refractivity contribution in [3.05, 3.63) is 91.0 Å². The van der Waals surface area contributed by atoms with Crippen molar-refractivity contribution >= 4 is 42.8 Å². The van der Waals surface area contributed by atoms with E-state index in [-0.39, 0.29) is 0 Å². The molecule has 0 amide bonds. The fourth-order valence-electron chi connectivity index (χ4n) is 5.19. The fraction of sp³-hybridized carbons (Fsp3) is 0.0345. The molecule has 5 aromatic carbocycles. The monoisotopic (exact) mass is 516 g/mol. The lowest BCUT2D eigenvalue weighted by Gasteiger charge is -2.09. The zero-order valence-electron chi connectivity index (χ0n) is 18.8. The molecule has 0 atom stereocenters. The first-order valence-corrected chi connectivity index (χ1v) is 12.7. The van der Waals surface area contributed by atoms with Crippen molar-refractivity contribution in [1.82, 2.24) is 0 Å². The smallest absolute Gasteiger partial charge is 0.455 e. The van der Waals surface area contributed by atoms with Gasteiger partial charge in [-0.2, -0.15) is 21.6 Å². The summed E-state index contributed by atoms with van der Waals surface area (Å²) in [5, 5.41) is 3.48. The average molecular weight is 516 g/mol. The second-order valence-corrected chi connectivity index (χ2v) is 10.4. The molecule has 0 fully saturated rings. The molecular formula is C29H15F3O4S. The summed E-state index contributed by atoms with van der Waals surface area (Å²) in [5.41, 5.74) is 1.78. The van der Waals surface area contributed by atoms with E-state index in [1.165, 1.54) is 28.5 Å². The van der Waals surface area contributed by atoms with Gasteiger partial charge in [0, 0.05) is 16.3 Å². The van der Waals surface area contributed by atoms with Gasteiger partial charge in [-0.1, -0.05) is 66.7 Å². The number of rotatable bonds is 3. The summed E-state index contributed by atoms with van der Waals surface area (Å²) in [6.07, 6.45) is 0. The van der Waals surface area contributed by atoms with Gasteiger partial charge in [-0.15, -0.1) is 0 Å². The molecule has 1 aliphatic rings. The Morgan fingerprint density at radius 1 is 0.676 bits per heavy atom. The van der Waals surface area contributed by atoms with Crippen LogP contribution in [0, 0.1) is 0 Å². The van der Waals surface area contributed by atoms with E-state index in [0.717, 1.165) is 33.9 Å². The third kappa shape index (κ3) is 3.18. The number of benzene rings is 5. The number of furan rings is 1. The van der Waals surface area contributed by atoms with Gasteiger partial charge in [-0.25, -0.2) is 0 Å². The molecular weight excluding hydrogens is 501 g/mol. The molecule has 6 aromatic rings. The van der Waals surface area contributed by atoms with Crippen LogP contribution in [0.15, 0.2) is 95.4 Å². The summed E-state index contributed by atoms with van der Waals surface area (Å²) in [6.45, 7) is 0. The van der Waals surface area contributed by atoms with Crippen LogP contribution in [0.1, 0.15) is 0 Å². The van der Waals surface area contributed by atoms with Gasteiger partial charge in [0.05, 0.1) is 0 Å².